The van der Waals surface area contributed by atoms with Gasteiger partial charge in [0, 0.05) is 63.2 Å². The normalized spacial score (nSPS) is 18.4. The van der Waals surface area contributed by atoms with E-state index in [1.165, 1.54) is 60.3 Å². The third-order valence-electron chi connectivity index (χ3n) is 13.7. The summed E-state index contributed by atoms with van der Waals surface area (Å²) in [5.74, 6) is -1.33. The molecule has 6 amide bonds. The van der Waals surface area contributed by atoms with Gasteiger partial charge in [0.25, 0.3) is 0 Å². The summed E-state index contributed by atoms with van der Waals surface area (Å²) in [6, 6.07) is 7.49. The lowest BCUT2D eigenvalue weighted by Gasteiger charge is -2.42. The van der Waals surface area contributed by atoms with E-state index in [1.54, 1.807) is 55.4 Å². The topological polar surface area (TPSA) is 105 Å². The summed E-state index contributed by atoms with van der Waals surface area (Å²) in [6.45, 7) is 13.2. The molecule has 0 unspecified atom stereocenters. The lowest BCUT2D eigenvalue weighted by Crippen LogP contribution is -2.52. The first-order valence-corrected chi connectivity index (χ1v) is 25.3. The minimum absolute atomic E-state index is 0.0370. The lowest BCUT2D eigenvalue weighted by molar-refractivity contribution is -0.144. The van der Waals surface area contributed by atoms with Gasteiger partial charge in [0.1, 0.15) is 11.6 Å². The number of urea groups is 2. The molecular weight excluding hydrogens is 1090 g/mol. The maximum absolute atomic E-state index is 13.8. The molecular formula is C56H64F14N6O4. The number of hydrogen-bond donors (Lipinski definition) is 2. The molecule has 440 valence electrons. The van der Waals surface area contributed by atoms with Crippen LogP contribution in [0.5, 0.6) is 0 Å². The largest absolute Gasteiger partial charge is 0.416 e. The van der Waals surface area contributed by atoms with Crippen LogP contribution in [0.2, 0.25) is 0 Å². The van der Waals surface area contributed by atoms with Crippen molar-refractivity contribution in [3.63, 3.8) is 0 Å². The van der Waals surface area contributed by atoms with Crippen LogP contribution in [0, 0.1) is 36.3 Å². The first-order valence-electron chi connectivity index (χ1n) is 25.3. The number of halogens is 14. The van der Waals surface area contributed by atoms with Gasteiger partial charge in [-0.25, -0.2) is 18.4 Å². The number of aryl methyl sites for hydroxylation is 2. The lowest BCUT2D eigenvalue weighted by atomic mass is 9.88. The van der Waals surface area contributed by atoms with Gasteiger partial charge < -0.3 is 30.2 Å². The van der Waals surface area contributed by atoms with Gasteiger partial charge in [0.2, 0.25) is 11.8 Å². The predicted octanol–water partition coefficient (Wildman–Crippen LogP) is 14.2. The van der Waals surface area contributed by atoms with E-state index in [2.05, 4.69) is 10.6 Å². The van der Waals surface area contributed by atoms with Crippen molar-refractivity contribution < 1.29 is 80.6 Å². The van der Waals surface area contributed by atoms with E-state index in [4.69, 9.17) is 0 Å². The molecule has 2 fully saturated rings. The van der Waals surface area contributed by atoms with E-state index >= 15 is 0 Å². The molecule has 2 aliphatic heterocycles. The Morgan fingerprint density at radius 2 is 0.775 bits per heavy atom. The van der Waals surface area contributed by atoms with Gasteiger partial charge in [-0.2, -0.15) is 52.7 Å². The highest BCUT2D eigenvalue weighted by Crippen LogP contribution is 2.41. The van der Waals surface area contributed by atoms with Crippen molar-refractivity contribution in [2.45, 2.75) is 143 Å². The van der Waals surface area contributed by atoms with Crippen LogP contribution in [0.3, 0.4) is 0 Å². The van der Waals surface area contributed by atoms with Gasteiger partial charge >= 0.3 is 36.8 Å². The van der Waals surface area contributed by atoms with Crippen LogP contribution in [-0.4, -0.2) is 82.7 Å². The van der Waals surface area contributed by atoms with Crippen molar-refractivity contribution in [3.8, 4) is 0 Å². The van der Waals surface area contributed by atoms with Crippen LogP contribution in [0.25, 0.3) is 0 Å². The third kappa shape index (κ3) is 16.7. The number of nitrogens with zero attached hydrogens (tertiary/aromatic N) is 4. The van der Waals surface area contributed by atoms with Crippen molar-refractivity contribution in [1.29, 1.82) is 0 Å². The van der Waals surface area contributed by atoms with Gasteiger partial charge in [-0.05, 0) is 134 Å². The zero-order valence-corrected chi connectivity index (χ0v) is 45.6. The maximum atomic E-state index is 13.8. The minimum atomic E-state index is -5.01. The summed E-state index contributed by atoms with van der Waals surface area (Å²) < 4.78 is 187. The summed E-state index contributed by atoms with van der Waals surface area (Å²) in [5, 5.41) is 5.96. The molecule has 4 aromatic rings. The van der Waals surface area contributed by atoms with Crippen molar-refractivity contribution in [2.75, 3.05) is 27.2 Å². The minimum Gasteiger partial charge on any atom is -0.353 e. The summed E-state index contributed by atoms with van der Waals surface area (Å²) in [5.41, 5.74) is -5.48. The summed E-state index contributed by atoms with van der Waals surface area (Å²) in [6.07, 6.45) is -18.7. The number of alkyl halides is 12. The number of piperidine rings is 2. The van der Waals surface area contributed by atoms with Crippen molar-refractivity contribution >= 4 is 23.9 Å². The molecule has 0 bridgehead atoms. The molecule has 0 saturated carbocycles. The average Bonchev–Trinajstić information content (AvgIpc) is 3.32. The molecule has 6 rings (SSSR count). The molecule has 4 aromatic carbocycles. The van der Waals surface area contributed by atoms with Crippen LogP contribution in [-0.2, 0) is 47.4 Å². The molecule has 0 aromatic heterocycles. The molecule has 0 spiro atoms. The number of rotatable bonds is 8. The van der Waals surface area contributed by atoms with E-state index in [0.717, 1.165) is 9.80 Å². The maximum Gasteiger partial charge on any atom is 0.416 e. The predicted molar refractivity (Wildman–Crippen MR) is 269 cm³/mol. The van der Waals surface area contributed by atoms with Crippen molar-refractivity contribution in [1.82, 2.24) is 30.2 Å². The zero-order valence-electron chi connectivity index (χ0n) is 45.6. The molecule has 0 radical (unpaired) electrons. The van der Waals surface area contributed by atoms with E-state index in [1.807, 2.05) is 0 Å². The van der Waals surface area contributed by atoms with Crippen molar-refractivity contribution in [2.24, 2.45) is 10.8 Å². The number of nitrogens with one attached hydrogen (secondary N) is 2. The first kappa shape index (κ1) is 64.2. The number of amides is 6. The van der Waals surface area contributed by atoms with Gasteiger partial charge in [0.15, 0.2) is 0 Å². The van der Waals surface area contributed by atoms with Gasteiger partial charge in [-0.15, -0.1) is 0 Å². The Bertz CT molecular complexity index is 2630. The molecule has 2 aliphatic rings. The first-order chi connectivity index (χ1) is 36.5. The molecule has 4 atom stereocenters. The van der Waals surface area contributed by atoms with E-state index < -0.39 is 107 Å². The third-order valence-corrected chi connectivity index (χ3v) is 13.7. The van der Waals surface area contributed by atoms with E-state index in [0.29, 0.717) is 59.4 Å². The van der Waals surface area contributed by atoms with Crippen LogP contribution >= 0.6 is 0 Å². The average molecular weight is 1150 g/mol. The van der Waals surface area contributed by atoms with Gasteiger partial charge in [-0.1, -0.05) is 53.7 Å². The van der Waals surface area contributed by atoms with Gasteiger partial charge in [0.05, 0.1) is 34.3 Å². The number of carbonyl (C=O) groups excluding carboxylic acids is 4. The Kier molecular flexibility index (Phi) is 19.4. The number of likely N-dealkylation sites (tertiary alicyclic amines) is 2. The second-order valence-corrected chi connectivity index (χ2v) is 22.4. The standard InChI is InChI=1S/2C28H32F7N3O2/c2*1-16-10-20(29)6-7-22(16)23-14-21(36-24(39)26(2,3)4)8-9-38(23)25(40)37(5)15-17-11-18(27(30,31)32)13-19(12-17)28(33,34)35/h2*6-7,10-13,21,23H,8-9,14-15H2,1-5H3,(H,36,39)/t2*21-,23+/m10/s1. The Balaban J connectivity index is 0.000000294. The fourth-order valence-electron chi connectivity index (χ4n) is 9.41. The summed E-state index contributed by atoms with van der Waals surface area (Å²) >= 11 is 0. The smallest absolute Gasteiger partial charge is 0.353 e. The second kappa shape index (κ2) is 24.2. The monoisotopic (exact) mass is 1150 g/mol. The molecule has 80 heavy (non-hydrogen) atoms. The highest BCUT2D eigenvalue weighted by atomic mass is 19.4. The quantitative estimate of drug-likeness (QED) is 0.171. The highest BCUT2D eigenvalue weighted by molar-refractivity contribution is 5.82. The van der Waals surface area contributed by atoms with Gasteiger partial charge in [-0.3, -0.25) is 9.59 Å². The molecule has 2 N–H and O–H groups in total. The van der Waals surface area contributed by atoms with Crippen LogP contribution in [0.4, 0.5) is 71.1 Å². The molecule has 2 heterocycles. The Hall–Kier alpha value is -6.62. The second-order valence-electron chi connectivity index (χ2n) is 22.4. The fourth-order valence-corrected chi connectivity index (χ4v) is 9.41. The number of hydrogen-bond acceptors (Lipinski definition) is 4. The van der Waals surface area contributed by atoms with Crippen molar-refractivity contribution in [3.05, 3.63) is 140 Å². The Morgan fingerprint density at radius 1 is 0.487 bits per heavy atom. The SMILES string of the molecule is Cc1cc(F)ccc1[C@@H]1C[C@H](NC(=O)C(C)(C)C)CCN1C(=O)N(C)Cc1cc(C(F)(F)F)cc(C(F)(F)F)c1.Cc1cc(F)ccc1[C@H]1C[C@@H](NC(=O)C(C)(C)C)CCN1C(=O)N(C)Cc1cc(C(F)(F)F)cc(C(F)(F)F)c1. The Morgan fingerprint density at radius 3 is 1.02 bits per heavy atom. The Labute approximate surface area is 454 Å². The molecule has 0 aliphatic carbocycles. The van der Waals surface area contributed by atoms with E-state index in [-0.39, 0.29) is 73.1 Å². The number of carbonyl (C=O) groups is 4. The molecule has 24 heteroatoms. The van der Waals surface area contributed by atoms with Crippen LogP contribution < -0.4 is 10.6 Å². The summed E-state index contributed by atoms with van der Waals surface area (Å²) in [4.78, 5) is 57.3. The van der Waals surface area contributed by atoms with Crippen LogP contribution in [0.1, 0.15) is 135 Å². The molecule has 10 nitrogen and oxygen atoms in total. The highest BCUT2D eigenvalue weighted by Gasteiger charge is 2.42. The summed E-state index contributed by atoms with van der Waals surface area (Å²) in [7, 11) is 2.58. The van der Waals surface area contributed by atoms with Crippen LogP contribution in [0.15, 0.2) is 72.8 Å². The zero-order chi connectivity index (χ0) is 60.4. The molecule has 2 saturated heterocycles. The van der Waals surface area contributed by atoms with E-state index in [9.17, 15) is 80.6 Å². The fraction of sp³-hybridized carbons (Fsp3) is 0.500. The number of benzene rings is 4.